The van der Waals surface area contributed by atoms with Gasteiger partial charge in [0.25, 0.3) is 5.91 Å². The summed E-state index contributed by atoms with van der Waals surface area (Å²) in [6, 6.07) is 10.3. The van der Waals surface area contributed by atoms with Crippen molar-refractivity contribution < 1.29 is 18.8 Å². The number of anilines is 1. The Labute approximate surface area is 163 Å². The highest BCUT2D eigenvalue weighted by molar-refractivity contribution is 6.02. The molecule has 0 saturated carbocycles. The maximum atomic E-state index is 12.5. The maximum absolute atomic E-state index is 12.5. The highest BCUT2D eigenvalue weighted by atomic mass is 16.3. The van der Waals surface area contributed by atoms with E-state index < -0.39 is 0 Å². The zero-order chi connectivity index (χ0) is 20.1. The van der Waals surface area contributed by atoms with E-state index >= 15 is 0 Å². The van der Waals surface area contributed by atoms with E-state index in [1.807, 2.05) is 19.1 Å². The second kappa shape index (κ2) is 8.60. The molecule has 2 aromatic rings. The van der Waals surface area contributed by atoms with E-state index in [9.17, 15) is 14.4 Å². The Kier molecular flexibility index (Phi) is 5.98. The van der Waals surface area contributed by atoms with Crippen molar-refractivity contribution in [3.8, 4) is 0 Å². The third-order valence-corrected chi connectivity index (χ3v) is 4.95. The summed E-state index contributed by atoms with van der Waals surface area (Å²) >= 11 is 0. The van der Waals surface area contributed by atoms with Crippen LogP contribution < -0.4 is 16.4 Å². The summed E-state index contributed by atoms with van der Waals surface area (Å²) in [6.07, 6.45) is 2.91. The van der Waals surface area contributed by atoms with Crippen molar-refractivity contribution in [2.45, 2.75) is 32.4 Å². The van der Waals surface area contributed by atoms with E-state index in [4.69, 9.17) is 10.2 Å². The number of carbonyl (C=O) groups is 3. The third-order valence-electron chi connectivity index (χ3n) is 4.95. The predicted molar refractivity (Wildman–Crippen MR) is 103 cm³/mol. The lowest BCUT2D eigenvalue weighted by molar-refractivity contribution is -0.123. The molecule has 28 heavy (non-hydrogen) atoms. The molecule has 3 rings (SSSR count). The van der Waals surface area contributed by atoms with Gasteiger partial charge in [0.15, 0.2) is 5.76 Å². The van der Waals surface area contributed by atoms with Crippen molar-refractivity contribution in [3.63, 3.8) is 0 Å². The van der Waals surface area contributed by atoms with Gasteiger partial charge < -0.3 is 25.7 Å². The Morgan fingerprint density at radius 3 is 2.57 bits per heavy atom. The van der Waals surface area contributed by atoms with E-state index in [-0.39, 0.29) is 35.6 Å². The first-order valence-corrected chi connectivity index (χ1v) is 9.21. The average Bonchev–Trinajstić information content (AvgIpc) is 3.22. The Balaban J connectivity index is 1.52. The molecule has 2 heterocycles. The molecule has 0 spiro atoms. The van der Waals surface area contributed by atoms with Gasteiger partial charge in [-0.2, -0.15) is 0 Å². The molecule has 8 nitrogen and oxygen atoms in total. The standard InChI is InChI=1S/C20H24N4O4/c1-13-4-7-15(18(21)25)12-24(13)20(27)22-11-14-5-8-16(9-6-14)23-19(26)17-3-2-10-28-17/h2-3,5-6,8-10,13,15H,4,7,11-12H2,1H3,(H2,21,25)(H,22,27)(H,23,26)/t13-,15-/m1/s1. The van der Waals surface area contributed by atoms with Crippen LogP contribution in [-0.2, 0) is 11.3 Å². The summed E-state index contributed by atoms with van der Waals surface area (Å²) in [5.74, 6) is -0.744. The summed E-state index contributed by atoms with van der Waals surface area (Å²) < 4.78 is 5.05. The number of hydrogen-bond donors (Lipinski definition) is 3. The molecule has 8 heteroatoms. The summed E-state index contributed by atoms with van der Waals surface area (Å²) in [5, 5.41) is 5.61. The fourth-order valence-electron chi connectivity index (χ4n) is 3.21. The van der Waals surface area contributed by atoms with Crippen molar-refractivity contribution in [3.05, 3.63) is 54.0 Å². The van der Waals surface area contributed by atoms with Gasteiger partial charge in [0.2, 0.25) is 5.91 Å². The van der Waals surface area contributed by atoms with Crippen LogP contribution in [0.1, 0.15) is 35.9 Å². The zero-order valence-electron chi connectivity index (χ0n) is 15.7. The number of benzene rings is 1. The Morgan fingerprint density at radius 1 is 1.18 bits per heavy atom. The van der Waals surface area contributed by atoms with Crippen LogP contribution >= 0.6 is 0 Å². The Morgan fingerprint density at radius 2 is 1.93 bits per heavy atom. The highest BCUT2D eigenvalue weighted by Crippen LogP contribution is 2.21. The molecule has 1 saturated heterocycles. The number of piperidine rings is 1. The molecule has 1 fully saturated rings. The largest absolute Gasteiger partial charge is 0.459 e. The molecule has 0 unspecified atom stereocenters. The van der Waals surface area contributed by atoms with Gasteiger partial charge in [-0.15, -0.1) is 0 Å². The number of furan rings is 1. The van der Waals surface area contributed by atoms with Gasteiger partial charge in [-0.3, -0.25) is 9.59 Å². The van der Waals surface area contributed by atoms with Crippen LogP contribution in [0.25, 0.3) is 0 Å². The lowest BCUT2D eigenvalue weighted by Crippen LogP contribution is -2.51. The lowest BCUT2D eigenvalue weighted by atomic mass is 9.93. The molecule has 1 aromatic carbocycles. The van der Waals surface area contributed by atoms with Crippen molar-refractivity contribution in [2.24, 2.45) is 11.7 Å². The van der Waals surface area contributed by atoms with Crippen LogP contribution in [0.4, 0.5) is 10.5 Å². The van der Waals surface area contributed by atoms with Gasteiger partial charge in [-0.1, -0.05) is 12.1 Å². The molecule has 148 valence electrons. The second-order valence-corrected chi connectivity index (χ2v) is 6.97. The molecule has 0 aliphatic carbocycles. The van der Waals surface area contributed by atoms with Gasteiger partial charge in [-0.05, 0) is 49.6 Å². The van der Waals surface area contributed by atoms with E-state index in [1.54, 1.807) is 29.2 Å². The fourth-order valence-corrected chi connectivity index (χ4v) is 3.21. The number of carbonyl (C=O) groups excluding carboxylic acids is 3. The smallest absolute Gasteiger partial charge is 0.317 e. The number of urea groups is 1. The van der Waals surface area contributed by atoms with Gasteiger partial charge in [-0.25, -0.2) is 4.79 Å². The Hall–Kier alpha value is -3.29. The molecule has 0 bridgehead atoms. The molecule has 1 aliphatic heterocycles. The first kappa shape index (κ1) is 19.5. The predicted octanol–water partition coefficient (Wildman–Crippen LogP) is 2.33. The highest BCUT2D eigenvalue weighted by Gasteiger charge is 2.31. The number of nitrogens with two attached hydrogens (primary N) is 1. The molecule has 1 aliphatic rings. The maximum Gasteiger partial charge on any atom is 0.317 e. The van der Waals surface area contributed by atoms with Crippen LogP contribution in [0.15, 0.2) is 47.1 Å². The molecule has 4 N–H and O–H groups in total. The van der Waals surface area contributed by atoms with Crippen molar-refractivity contribution in [1.82, 2.24) is 10.2 Å². The number of nitrogens with zero attached hydrogens (tertiary/aromatic N) is 1. The normalized spacial score (nSPS) is 19.1. The molecule has 2 atom stereocenters. The summed E-state index contributed by atoms with van der Waals surface area (Å²) in [6.45, 7) is 2.66. The second-order valence-electron chi connectivity index (χ2n) is 6.97. The van der Waals surface area contributed by atoms with E-state index in [0.29, 0.717) is 25.2 Å². The summed E-state index contributed by atoms with van der Waals surface area (Å²) in [4.78, 5) is 37.5. The number of rotatable bonds is 5. The SMILES string of the molecule is C[C@@H]1CC[C@@H](C(N)=O)CN1C(=O)NCc1ccc(NC(=O)c2ccco2)cc1. The minimum atomic E-state index is -0.364. The van der Waals surface area contributed by atoms with Crippen LogP contribution in [0, 0.1) is 5.92 Å². The average molecular weight is 384 g/mol. The first-order chi connectivity index (χ1) is 13.4. The number of likely N-dealkylation sites (tertiary alicyclic amines) is 1. The minimum absolute atomic E-state index is 0.0646. The zero-order valence-corrected chi connectivity index (χ0v) is 15.7. The van der Waals surface area contributed by atoms with Crippen LogP contribution in [0.5, 0.6) is 0 Å². The summed E-state index contributed by atoms with van der Waals surface area (Å²) in [5.41, 5.74) is 6.91. The van der Waals surface area contributed by atoms with Gasteiger partial charge in [0, 0.05) is 24.8 Å². The van der Waals surface area contributed by atoms with Gasteiger partial charge in [0.05, 0.1) is 12.2 Å². The Bertz CT molecular complexity index is 832. The third kappa shape index (κ3) is 4.70. The fraction of sp³-hybridized carbons (Fsp3) is 0.350. The van der Waals surface area contributed by atoms with Crippen molar-refractivity contribution >= 4 is 23.5 Å². The summed E-state index contributed by atoms with van der Waals surface area (Å²) in [7, 11) is 0. The molecular weight excluding hydrogens is 360 g/mol. The van der Waals surface area contributed by atoms with Crippen LogP contribution in [0.3, 0.4) is 0 Å². The van der Waals surface area contributed by atoms with E-state index in [1.165, 1.54) is 6.26 Å². The number of primary amides is 1. The molecule has 0 radical (unpaired) electrons. The first-order valence-electron chi connectivity index (χ1n) is 9.21. The van der Waals surface area contributed by atoms with Crippen molar-refractivity contribution in [2.75, 3.05) is 11.9 Å². The van der Waals surface area contributed by atoms with Crippen molar-refractivity contribution in [1.29, 1.82) is 0 Å². The minimum Gasteiger partial charge on any atom is -0.459 e. The van der Waals surface area contributed by atoms with E-state index in [0.717, 1.165) is 12.0 Å². The molecule has 4 amide bonds. The van der Waals surface area contributed by atoms with Crippen LogP contribution in [-0.4, -0.2) is 35.3 Å². The lowest BCUT2D eigenvalue weighted by Gasteiger charge is -2.36. The molecule has 1 aromatic heterocycles. The number of nitrogens with one attached hydrogen (secondary N) is 2. The topological polar surface area (TPSA) is 118 Å². The number of amides is 4. The molecular formula is C20H24N4O4. The monoisotopic (exact) mass is 384 g/mol. The van der Waals surface area contributed by atoms with Gasteiger partial charge >= 0.3 is 6.03 Å². The van der Waals surface area contributed by atoms with Gasteiger partial charge in [0.1, 0.15) is 0 Å². The van der Waals surface area contributed by atoms with Crippen LogP contribution in [0.2, 0.25) is 0 Å². The van der Waals surface area contributed by atoms with E-state index in [2.05, 4.69) is 10.6 Å². The number of hydrogen-bond acceptors (Lipinski definition) is 4. The quantitative estimate of drug-likeness (QED) is 0.733.